The van der Waals surface area contributed by atoms with Crippen molar-refractivity contribution in [3.05, 3.63) is 113 Å². The van der Waals surface area contributed by atoms with Crippen molar-refractivity contribution in [2.45, 2.75) is 32.4 Å². The molecule has 6 heteroatoms. The van der Waals surface area contributed by atoms with Crippen LogP contribution < -0.4 is 11.1 Å². The monoisotopic (exact) mass is 479 g/mol. The first kappa shape index (κ1) is 23.6. The molecule has 1 aliphatic heterocycles. The van der Waals surface area contributed by atoms with Crippen LogP contribution in [0.15, 0.2) is 89.3 Å². The number of carbonyl (C=O) groups excluding carboxylic acids is 2. The van der Waals surface area contributed by atoms with E-state index in [1.807, 2.05) is 91.9 Å². The zero-order valence-corrected chi connectivity index (χ0v) is 20.2. The highest BCUT2D eigenvalue weighted by molar-refractivity contribution is 6.02. The van der Waals surface area contributed by atoms with Gasteiger partial charge in [0.1, 0.15) is 17.6 Å². The quantitative estimate of drug-likeness (QED) is 0.392. The molecular formula is C30H29N3O3. The number of benzene rings is 3. The molecule has 1 aromatic heterocycles. The number of carbonyl (C=O) groups is 2. The molecule has 4 aromatic rings. The molecule has 36 heavy (non-hydrogen) atoms. The molecule has 2 heterocycles. The predicted molar refractivity (Wildman–Crippen MR) is 141 cm³/mol. The summed E-state index contributed by atoms with van der Waals surface area (Å²) in [5.41, 5.74) is 11.0. The topological polar surface area (TPSA) is 88.6 Å². The first-order valence-corrected chi connectivity index (χ1v) is 12.2. The van der Waals surface area contributed by atoms with Gasteiger partial charge in [-0.05, 0) is 72.5 Å². The molecule has 0 spiro atoms. The Morgan fingerprint density at radius 3 is 2.47 bits per heavy atom. The maximum absolute atomic E-state index is 13.6. The Hall–Kier alpha value is -4.16. The van der Waals surface area contributed by atoms with Gasteiger partial charge in [0, 0.05) is 36.3 Å². The van der Waals surface area contributed by atoms with Crippen LogP contribution in [0.4, 0.5) is 5.69 Å². The number of amides is 2. The molecular weight excluding hydrogens is 450 g/mol. The molecule has 1 atom stereocenters. The Balaban J connectivity index is 1.39. The minimum absolute atomic E-state index is 0.126. The fourth-order valence-corrected chi connectivity index (χ4v) is 4.70. The lowest BCUT2D eigenvalue weighted by Gasteiger charge is -2.35. The van der Waals surface area contributed by atoms with Crippen LogP contribution in [-0.4, -0.2) is 29.3 Å². The summed E-state index contributed by atoms with van der Waals surface area (Å²) < 4.78 is 5.69. The Kier molecular flexibility index (Phi) is 6.69. The van der Waals surface area contributed by atoms with E-state index in [1.54, 1.807) is 4.90 Å². The molecule has 0 unspecified atom stereocenters. The molecule has 0 fully saturated rings. The van der Waals surface area contributed by atoms with E-state index in [2.05, 4.69) is 5.32 Å². The summed E-state index contributed by atoms with van der Waals surface area (Å²) in [6, 6.07) is 26.3. The van der Waals surface area contributed by atoms with Crippen molar-refractivity contribution in [2.24, 2.45) is 5.73 Å². The average molecular weight is 480 g/mol. The first-order valence-electron chi connectivity index (χ1n) is 12.2. The minimum Gasteiger partial charge on any atom is -0.461 e. The maximum Gasteiger partial charge on any atom is 0.254 e. The van der Waals surface area contributed by atoms with Crippen LogP contribution in [0.25, 0.3) is 11.3 Å². The number of furan rings is 1. The summed E-state index contributed by atoms with van der Waals surface area (Å²) in [6.07, 6.45) is 1.11. The molecule has 3 aromatic carbocycles. The van der Waals surface area contributed by atoms with Crippen molar-refractivity contribution in [3.63, 3.8) is 0 Å². The van der Waals surface area contributed by atoms with Crippen LogP contribution in [0.5, 0.6) is 0 Å². The second-order valence-electron chi connectivity index (χ2n) is 9.13. The lowest BCUT2D eigenvalue weighted by molar-refractivity contribution is -0.120. The van der Waals surface area contributed by atoms with Gasteiger partial charge in [-0.25, -0.2) is 0 Å². The van der Waals surface area contributed by atoms with E-state index < -0.39 is 6.04 Å². The summed E-state index contributed by atoms with van der Waals surface area (Å²) in [5, 5.41) is 3.03. The van der Waals surface area contributed by atoms with E-state index in [-0.39, 0.29) is 11.8 Å². The number of anilines is 1. The van der Waals surface area contributed by atoms with Crippen LogP contribution in [0.3, 0.4) is 0 Å². The van der Waals surface area contributed by atoms with Crippen LogP contribution in [-0.2, 0) is 24.2 Å². The van der Waals surface area contributed by atoms with Crippen molar-refractivity contribution < 1.29 is 14.0 Å². The Morgan fingerprint density at radius 1 is 1.00 bits per heavy atom. The number of rotatable bonds is 7. The molecule has 0 aliphatic carbocycles. The molecule has 0 bridgehead atoms. The molecule has 1 aliphatic rings. The maximum atomic E-state index is 13.6. The zero-order valence-electron chi connectivity index (χ0n) is 20.2. The molecule has 0 saturated carbocycles. The lowest BCUT2D eigenvalue weighted by Crippen LogP contribution is -2.51. The van der Waals surface area contributed by atoms with Gasteiger partial charge in [0.2, 0.25) is 5.91 Å². The van der Waals surface area contributed by atoms with Crippen molar-refractivity contribution in [3.8, 4) is 11.3 Å². The zero-order chi connectivity index (χ0) is 25.1. The standard InChI is InChI=1S/C30H29N3O3/c1-20-7-14-28(36-20)23-9-11-25(12-10-23)32-29(34)27(18-21-5-3-2-4-6-21)33-16-15-24-17-22(19-31)8-13-26(24)30(33)35/h2-14,17,27H,15-16,18-19,31H2,1H3,(H,32,34)/t27-/m0/s1. The fraction of sp³-hybridized carbons (Fsp3) is 0.200. The third kappa shape index (κ3) is 4.95. The number of hydrogen-bond donors (Lipinski definition) is 2. The van der Waals surface area contributed by atoms with Gasteiger partial charge in [-0.1, -0.05) is 42.5 Å². The third-order valence-corrected chi connectivity index (χ3v) is 6.65. The molecule has 2 amide bonds. The summed E-state index contributed by atoms with van der Waals surface area (Å²) in [4.78, 5) is 28.8. The van der Waals surface area contributed by atoms with Crippen LogP contribution in [0.2, 0.25) is 0 Å². The molecule has 5 rings (SSSR count). The van der Waals surface area contributed by atoms with Gasteiger partial charge in [-0.2, -0.15) is 0 Å². The van der Waals surface area contributed by atoms with Crippen molar-refractivity contribution in [1.82, 2.24) is 4.90 Å². The summed E-state index contributed by atoms with van der Waals surface area (Å²) in [7, 11) is 0. The fourth-order valence-electron chi connectivity index (χ4n) is 4.70. The molecule has 0 saturated heterocycles. The number of aryl methyl sites for hydroxylation is 1. The van der Waals surface area contributed by atoms with Gasteiger partial charge in [-0.15, -0.1) is 0 Å². The van der Waals surface area contributed by atoms with E-state index in [4.69, 9.17) is 10.2 Å². The van der Waals surface area contributed by atoms with Crippen LogP contribution in [0.1, 0.15) is 32.8 Å². The molecule has 182 valence electrons. The van der Waals surface area contributed by atoms with E-state index >= 15 is 0 Å². The van der Waals surface area contributed by atoms with E-state index in [9.17, 15) is 9.59 Å². The number of nitrogens with zero attached hydrogens (tertiary/aromatic N) is 1. The number of nitrogens with two attached hydrogens (primary N) is 1. The lowest BCUT2D eigenvalue weighted by atomic mass is 9.94. The highest BCUT2D eigenvalue weighted by atomic mass is 16.3. The minimum atomic E-state index is -0.644. The normalized spacial score (nSPS) is 13.8. The average Bonchev–Trinajstić information content (AvgIpc) is 3.34. The van der Waals surface area contributed by atoms with Gasteiger partial charge in [0.25, 0.3) is 5.91 Å². The third-order valence-electron chi connectivity index (χ3n) is 6.65. The largest absolute Gasteiger partial charge is 0.461 e. The smallest absolute Gasteiger partial charge is 0.254 e. The van der Waals surface area contributed by atoms with Crippen molar-refractivity contribution >= 4 is 17.5 Å². The SMILES string of the molecule is Cc1ccc(-c2ccc(NC(=O)[C@H](Cc3ccccc3)N3CCc4cc(CN)ccc4C3=O)cc2)o1. The Morgan fingerprint density at radius 2 is 1.78 bits per heavy atom. The Labute approximate surface area is 210 Å². The van der Waals surface area contributed by atoms with E-state index in [1.165, 1.54) is 0 Å². The highest BCUT2D eigenvalue weighted by Gasteiger charge is 2.34. The summed E-state index contributed by atoms with van der Waals surface area (Å²) in [5.74, 6) is 1.29. The van der Waals surface area contributed by atoms with Crippen molar-refractivity contribution in [1.29, 1.82) is 0 Å². The van der Waals surface area contributed by atoms with Gasteiger partial charge in [-0.3, -0.25) is 9.59 Å². The number of hydrogen-bond acceptors (Lipinski definition) is 4. The highest BCUT2D eigenvalue weighted by Crippen LogP contribution is 2.26. The van der Waals surface area contributed by atoms with Gasteiger partial charge < -0.3 is 20.4 Å². The second-order valence-corrected chi connectivity index (χ2v) is 9.13. The predicted octanol–water partition coefficient (Wildman–Crippen LogP) is 4.96. The Bertz CT molecular complexity index is 1380. The van der Waals surface area contributed by atoms with E-state index in [0.29, 0.717) is 37.2 Å². The number of nitrogens with one attached hydrogen (secondary N) is 1. The summed E-state index contributed by atoms with van der Waals surface area (Å²) in [6.45, 7) is 2.81. The van der Waals surface area contributed by atoms with Gasteiger partial charge in [0.15, 0.2) is 0 Å². The van der Waals surface area contributed by atoms with Gasteiger partial charge in [0.05, 0.1) is 0 Å². The van der Waals surface area contributed by atoms with E-state index in [0.717, 1.165) is 33.8 Å². The van der Waals surface area contributed by atoms with Gasteiger partial charge >= 0.3 is 0 Å². The number of fused-ring (bicyclic) bond motifs is 1. The molecule has 3 N–H and O–H groups in total. The summed E-state index contributed by atoms with van der Waals surface area (Å²) >= 11 is 0. The van der Waals surface area contributed by atoms with Crippen molar-refractivity contribution in [2.75, 3.05) is 11.9 Å². The van der Waals surface area contributed by atoms with Crippen LogP contribution in [0, 0.1) is 6.92 Å². The first-order chi connectivity index (χ1) is 17.5. The van der Waals surface area contributed by atoms with Crippen LogP contribution >= 0.6 is 0 Å². The molecule has 0 radical (unpaired) electrons. The molecule has 6 nitrogen and oxygen atoms in total. The second kappa shape index (κ2) is 10.2.